The topological polar surface area (TPSA) is 97.8 Å². The smallest absolute Gasteiger partial charge is 0.488 e. The van der Waals surface area contributed by atoms with E-state index in [-0.39, 0.29) is 27.3 Å². The van der Waals surface area contributed by atoms with Gasteiger partial charge in [0.15, 0.2) is 0 Å². The first-order chi connectivity index (χ1) is 14.5. The van der Waals surface area contributed by atoms with E-state index in [1.165, 1.54) is 11.4 Å². The molecule has 1 fully saturated rings. The Labute approximate surface area is 184 Å². The molecule has 0 spiro atoms. The number of carbonyl (C=O) groups is 1. The van der Waals surface area contributed by atoms with Crippen molar-refractivity contribution >= 4 is 44.1 Å². The second-order valence-electron chi connectivity index (χ2n) is 6.64. The highest BCUT2D eigenvalue weighted by Crippen LogP contribution is 2.34. The molecule has 0 saturated carbocycles. The van der Waals surface area contributed by atoms with Gasteiger partial charge in [-0.25, -0.2) is 9.78 Å². The van der Waals surface area contributed by atoms with Crippen LogP contribution in [0.4, 0.5) is 18.3 Å². The molecule has 14 heteroatoms. The summed E-state index contributed by atoms with van der Waals surface area (Å²) in [7, 11) is -4.77. The zero-order valence-corrected chi connectivity index (χ0v) is 18.3. The molecule has 1 aliphatic heterocycles. The molecule has 0 amide bonds. The number of carbonyl (C=O) groups excluding carboxylic acids is 1. The Balaban J connectivity index is 1.89. The summed E-state index contributed by atoms with van der Waals surface area (Å²) in [6.45, 7) is 3.50. The van der Waals surface area contributed by atoms with Crippen LogP contribution in [-0.4, -0.2) is 44.7 Å². The largest absolute Gasteiger partial charge is 0.493 e. The molecule has 2 atom stereocenters. The SMILES string of the molecule is CC1CNCCC1Oc1ccc(S(=O)(=O)N(OC(=O)C(F)(F)F)c2nccs2)cc1Cl. The van der Waals surface area contributed by atoms with E-state index in [2.05, 4.69) is 15.1 Å². The number of sulfonamides is 1. The maximum Gasteiger partial charge on any atom is 0.493 e. The summed E-state index contributed by atoms with van der Waals surface area (Å²) in [5, 5.41) is 3.98. The molecule has 31 heavy (non-hydrogen) atoms. The fourth-order valence-corrected chi connectivity index (χ4v) is 5.10. The Bertz CT molecular complexity index is 1030. The van der Waals surface area contributed by atoms with Crippen LogP contribution >= 0.6 is 22.9 Å². The van der Waals surface area contributed by atoms with Crippen LogP contribution in [0.5, 0.6) is 5.75 Å². The van der Waals surface area contributed by atoms with E-state index < -0.39 is 32.2 Å². The number of halogens is 4. The quantitative estimate of drug-likeness (QED) is 0.608. The first-order valence-electron chi connectivity index (χ1n) is 8.91. The molecule has 2 aromatic rings. The first kappa shape index (κ1) is 23.6. The Hall–Kier alpha value is -2.09. The summed E-state index contributed by atoms with van der Waals surface area (Å²) in [5.41, 5.74) is 0. The highest BCUT2D eigenvalue weighted by atomic mass is 35.5. The monoisotopic (exact) mass is 499 g/mol. The molecule has 1 N–H and O–H groups in total. The molecule has 0 bridgehead atoms. The summed E-state index contributed by atoms with van der Waals surface area (Å²) < 4.78 is 69.6. The van der Waals surface area contributed by atoms with Gasteiger partial charge in [-0.05, 0) is 31.2 Å². The van der Waals surface area contributed by atoms with E-state index in [4.69, 9.17) is 16.3 Å². The van der Waals surface area contributed by atoms with Crippen molar-refractivity contribution in [3.63, 3.8) is 0 Å². The number of nitrogens with zero attached hydrogens (tertiary/aromatic N) is 2. The van der Waals surface area contributed by atoms with Crippen molar-refractivity contribution in [1.82, 2.24) is 10.3 Å². The standard InChI is InChI=1S/C17H17ClF3N3O5S2/c1-10-9-22-5-4-13(10)28-14-3-2-11(8-12(14)18)31(26,27)24(16-23-6-7-30-16)29-15(25)17(19,20)21/h2-3,6-8,10,13,22H,4-5,9H2,1H3. The number of anilines is 1. The highest BCUT2D eigenvalue weighted by Gasteiger charge is 2.45. The van der Waals surface area contributed by atoms with Gasteiger partial charge in [0.2, 0.25) is 5.13 Å². The van der Waals surface area contributed by atoms with Crippen LogP contribution in [0, 0.1) is 5.92 Å². The lowest BCUT2D eigenvalue weighted by Gasteiger charge is -2.30. The second kappa shape index (κ2) is 9.18. The minimum atomic E-state index is -5.41. The van der Waals surface area contributed by atoms with Crippen LogP contribution in [-0.2, 0) is 19.7 Å². The van der Waals surface area contributed by atoms with Crippen LogP contribution in [0.25, 0.3) is 0 Å². The van der Waals surface area contributed by atoms with E-state index in [0.29, 0.717) is 11.3 Å². The van der Waals surface area contributed by atoms with E-state index in [1.54, 1.807) is 0 Å². The van der Waals surface area contributed by atoms with Crippen LogP contribution < -0.4 is 14.5 Å². The number of alkyl halides is 3. The maximum absolute atomic E-state index is 12.9. The van der Waals surface area contributed by atoms with E-state index >= 15 is 0 Å². The Morgan fingerprint density at radius 1 is 1.39 bits per heavy atom. The molecule has 0 aliphatic carbocycles. The lowest BCUT2D eigenvalue weighted by Crippen LogP contribution is -2.41. The number of rotatable bonds is 6. The first-order valence-corrected chi connectivity index (χ1v) is 11.6. The summed E-state index contributed by atoms with van der Waals surface area (Å²) in [4.78, 5) is 18.5. The van der Waals surface area contributed by atoms with Crippen molar-refractivity contribution in [2.75, 3.05) is 17.6 Å². The lowest BCUT2D eigenvalue weighted by molar-refractivity contribution is -0.199. The van der Waals surface area contributed by atoms with Crippen LogP contribution in [0.1, 0.15) is 13.3 Å². The van der Waals surface area contributed by atoms with Crippen molar-refractivity contribution in [2.45, 2.75) is 30.5 Å². The molecule has 1 aliphatic rings. The third-order valence-electron chi connectivity index (χ3n) is 4.38. The number of thiazole rings is 1. The molecular formula is C17H17ClF3N3O5S2. The van der Waals surface area contributed by atoms with Crippen LogP contribution in [0.2, 0.25) is 5.02 Å². The van der Waals surface area contributed by atoms with Crippen LogP contribution in [0.3, 0.4) is 0 Å². The summed E-state index contributed by atoms with van der Waals surface area (Å²) in [5.74, 6) is -2.29. The fourth-order valence-electron chi connectivity index (χ4n) is 2.79. The molecule has 1 aromatic carbocycles. The molecule has 0 radical (unpaired) electrons. The third-order valence-corrected chi connectivity index (χ3v) is 7.06. The molecule has 1 saturated heterocycles. The van der Waals surface area contributed by atoms with Crippen molar-refractivity contribution in [3.05, 3.63) is 34.8 Å². The average Bonchev–Trinajstić information content (AvgIpc) is 3.22. The molecule has 1 aromatic heterocycles. The normalized spacial score (nSPS) is 19.6. The van der Waals surface area contributed by atoms with Crippen LogP contribution in [0.15, 0.2) is 34.7 Å². The van der Waals surface area contributed by atoms with Crippen molar-refractivity contribution in [1.29, 1.82) is 0 Å². The Kier molecular flexibility index (Phi) is 6.98. The van der Waals surface area contributed by atoms with Gasteiger partial charge in [0.1, 0.15) is 11.9 Å². The van der Waals surface area contributed by atoms with Gasteiger partial charge in [0, 0.05) is 24.0 Å². The van der Waals surface area contributed by atoms with E-state index in [9.17, 15) is 26.4 Å². The van der Waals surface area contributed by atoms with E-state index in [1.807, 2.05) is 6.92 Å². The number of nitrogens with one attached hydrogen (secondary N) is 1. The zero-order chi connectivity index (χ0) is 22.8. The van der Waals surface area contributed by atoms with Gasteiger partial charge in [-0.15, -0.1) is 11.3 Å². The lowest BCUT2D eigenvalue weighted by atomic mass is 9.98. The Morgan fingerprint density at radius 3 is 2.71 bits per heavy atom. The van der Waals surface area contributed by atoms with Gasteiger partial charge in [-0.3, -0.25) is 0 Å². The zero-order valence-electron chi connectivity index (χ0n) is 15.9. The van der Waals surface area contributed by atoms with Gasteiger partial charge in [0.05, 0.1) is 9.92 Å². The predicted octanol–water partition coefficient (Wildman–Crippen LogP) is 3.39. The molecule has 2 unspecified atom stereocenters. The van der Waals surface area contributed by atoms with Gasteiger partial charge in [0.25, 0.3) is 10.0 Å². The molecule has 8 nitrogen and oxygen atoms in total. The third kappa shape index (κ3) is 5.40. The Morgan fingerprint density at radius 2 is 2.13 bits per heavy atom. The maximum atomic E-state index is 12.9. The summed E-state index contributed by atoms with van der Waals surface area (Å²) in [6, 6.07) is 3.42. The number of ether oxygens (including phenoxy) is 1. The van der Waals surface area contributed by atoms with E-state index in [0.717, 1.165) is 37.8 Å². The fraction of sp³-hybridized carbons (Fsp3) is 0.412. The molecule has 170 valence electrons. The van der Waals surface area contributed by atoms with Crippen molar-refractivity contribution in [3.8, 4) is 5.75 Å². The van der Waals surface area contributed by atoms with Gasteiger partial charge >= 0.3 is 12.1 Å². The minimum absolute atomic E-state index is 0.0620. The summed E-state index contributed by atoms with van der Waals surface area (Å²) >= 11 is 6.85. The number of benzene rings is 1. The van der Waals surface area contributed by atoms with Crippen molar-refractivity contribution in [2.24, 2.45) is 5.92 Å². The van der Waals surface area contributed by atoms with Gasteiger partial charge in [-0.2, -0.15) is 21.6 Å². The minimum Gasteiger partial charge on any atom is -0.488 e. The van der Waals surface area contributed by atoms with Crippen molar-refractivity contribution < 1.29 is 36.0 Å². The highest BCUT2D eigenvalue weighted by molar-refractivity contribution is 7.92. The number of aromatic nitrogens is 1. The second-order valence-corrected chi connectivity index (χ2v) is 9.68. The average molecular weight is 500 g/mol. The number of hydrogen-bond acceptors (Lipinski definition) is 8. The number of piperidine rings is 1. The predicted molar refractivity (Wildman–Crippen MR) is 106 cm³/mol. The summed E-state index contributed by atoms with van der Waals surface area (Å²) in [6.07, 6.45) is -3.68. The van der Waals surface area contributed by atoms with Gasteiger partial charge in [-0.1, -0.05) is 23.0 Å². The molecule has 3 rings (SSSR count). The van der Waals surface area contributed by atoms with Gasteiger partial charge < -0.3 is 14.9 Å². The number of hydrogen-bond donors (Lipinski definition) is 1. The molecular weight excluding hydrogens is 483 g/mol. The molecule has 2 heterocycles.